The molecule has 134 valence electrons. The summed E-state index contributed by atoms with van der Waals surface area (Å²) in [6.07, 6.45) is -1.41. The molecular weight excluding hydrogens is 352 g/mol. The van der Waals surface area contributed by atoms with Gasteiger partial charge < -0.3 is 19.3 Å². The molecule has 0 amide bonds. The first-order chi connectivity index (χ1) is 12.1. The number of alkyl halides is 1. The topological polar surface area (TPSA) is 103 Å². The van der Waals surface area contributed by atoms with Crippen molar-refractivity contribution in [1.82, 2.24) is 9.55 Å². The number of aliphatic hydroxyl groups is 1. The van der Waals surface area contributed by atoms with Crippen LogP contribution in [0.1, 0.15) is 6.23 Å². The van der Waals surface area contributed by atoms with Crippen LogP contribution in [0.2, 0.25) is 0 Å². The molecule has 0 saturated carbocycles. The largest absolute Gasteiger partial charge is 0.468 e. The van der Waals surface area contributed by atoms with Gasteiger partial charge in [-0.3, -0.25) is 14.3 Å². The van der Waals surface area contributed by atoms with Gasteiger partial charge in [-0.05, 0) is 12.1 Å². The molecule has 0 unspecified atom stereocenters. The molecule has 9 heteroatoms. The third-order valence-electron chi connectivity index (χ3n) is 3.75. The summed E-state index contributed by atoms with van der Waals surface area (Å²) in [4.78, 5) is 25.1. The van der Waals surface area contributed by atoms with Crippen molar-refractivity contribution >= 4 is 11.6 Å². The van der Waals surface area contributed by atoms with Gasteiger partial charge in [0.1, 0.15) is 23.3 Å². The predicted octanol–water partition coefficient (Wildman–Crippen LogP) is 0.455. The Kier molecular flexibility index (Phi) is 5.54. The van der Waals surface area contributed by atoms with Gasteiger partial charge >= 0.3 is 5.69 Å². The second-order valence-electron chi connectivity index (χ2n) is 5.46. The number of hydrogen-bond donors (Lipinski definition) is 2. The average molecular weight is 369 g/mol. The van der Waals surface area contributed by atoms with Crippen LogP contribution < -0.4 is 16.0 Å². The molecule has 0 radical (unpaired) electrons. The van der Waals surface area contributed by atoms with Crippen molar-refractivity contribution in [3.8, 4) is 5.75 Å². The van der Waals surface area contributed by atoms with E-state index in [2.05, 4.69) is 4.98 Å². The van der Waals surface area contributed by atoms with Gasteiger partial charge in [0.15, 0.2) is 13.0 Å². The fourth-order valence-corrected chi connectivity index (χ4v) is 2.83. The molecule has 3 rings (SSSR count). The molecule has 2 aromatic rings. The lowest BCUT2D eigenvalue weighted by Crippen LogP contribution is -2.35. The maximum atomic E-state index is 11.8. The highest BCUT2D eigenvalue weighted by Gasteiger charge is 2.44. The number of rotatable bonds is 6. The zero-order chi connectivity index (χ0) is 17.8. The van der Waals surface area contributed by atoms with E-state index in [9.17, 15) is 14.7 Å². The lowest BCUT2D eigenvalue weighted by atomic mass is 10.2. The van der Waals surface area contributed by atoms with Gasteiger partial charge in [-0.15, -0.1) is 11.6 Å². The Morgan fingerprint density at radius 2 is 2.00 bits per heavy atom. The van der Waals surface area contributed by atoms with Crippen LogP contribution in [0.25, 0.3) is 0 Å². The van der Waals surface area contributed by atoms with E-state index < -0.39 is 35.1 Å². The molecule has 2 N–H and O–H groups in total. The lowest BCUT2D eigenvalue weighted by Gasteiger charge is -2.16. The summed E-state index contributed by atoms with van der Waals surface area (Å²) in [6.45, 7) is 0.0125. The molecule has 1 aliphatic heterocycles. The van der Waals surface area contributed by atoms with Gasteiger partial charge in [-0.25, -0.2) is 4.79 Å². The molecule has 1 aromatic heterocycles. The summed E-state index contributed by atoms with van der Waals surface area (Å²) in [5.41, 5.74) is -1.19. The first-order valence-corrected chi connectivity index (χ1v) is 8.04. The van der Waals surface area contributed by atoms with E-state index in [0.717, 1.165) is 4.57 Å². The second-order valence-corrected chi connectivity index (χ2v) is 5.97. The van der Waals surface area contributed by atoms with Gasteiger partial charge in [0.2, 0.25) is 0 Å². The van der Waals surface area contributed by atoms with E-state index in [1.807, 2.05) is 18.2 Å². The quantitative estimate of drug-likeness (QED) is 0.436. The maximum absolute atomic E-state index is 11.8. The number of nitrogens with zero attached hydrogens (tertiary/aromatic N) is 1. The highest BCUT2D eigenvalue weighted by atomic mass is 35.5. The molecule has 0 aliphatic carbocycles. The maximum Gasteiger partial charge on any atom is 0.330 e. The summed E-state index contributed by atoms with van der Waals surface area (Å²) >= 11 is 6.16. The highest BCUT2D eigenvalue weighted by molar-refractivity contribution is 6.21. The summed E-state index contributed by atoms with van der Waals surface area (Å²) in [7, 11) is 0. The SMILES string of the molecule is O=c1ccn([C@@H]2O[C@H](COCOc3ccccc3)[C@@H](O)[C@@H]2Cl)c(=O)[nH]1. The molecule has 1 aliphatic rings. The Bertz CT molecular complexity index is 808. The number of H-pyrrole nitrogens is 1. The average Bonchev–Trinajstić information content (AvgIpc) is 2.88. The van der Waals surface area contributed by atoms with Crippen LogP contribution in [-0.2, 0) is 9.47 Å². The first-order valence-electron chi connectivity index (χ1n) is 7.61. The molecule has 0 spiro atoms. The molecule has 1 fully saturated rings. The number of aromatic amines is 1. The van der Waals surface area contributed by atoms with E-state index in [1.165, 1.54) is 12.3 Å². The van der Waals surface area contributed by atoms with Crippen LogP contribution >= 0.6 is 11.6 Å². The third kappa shape index (κ3) is 4.10. The van der Waals surface area contributed by atoms with E-state index in [4.69, 9.17) is 25.8 Å². The smallest absolute Gasteiger partial charge is 0.330 e. The van der Waals surface area contributed by atoms with E-state index in [0.29, 0.717) is 5.75 Å². The molecule has 4 atom stereocenters. The highest BCUT2D eigenvalue weighted by Crippen LogP contribution is 2.32. The molecule has 0 bridgehead atoms. The van der Waals surface area contributed by atoms with Crippen LogP contribution in [0.4, 0.5) is 0 Å². The lowest BCUT2D eigenvalue weighted by molar-refractivity contribution is -0.0866. The minimum atomic E-state index is -1.04. The van der Waals surface area contributed by atoms with Crippen molar-refractivity contribution in [2.24, 2.45) is 0 Å². The van der Waals surface area contributed by atoms with Crippen molar-refractivity contribution < 1.29 is 19.3 Å². The number of aromatic nitrogens is 2. The minimum Gasteiger partial charge on any atom is -0.468 e. The number of nitrogens with one attached hydrogen (secondary N) is 1. The fraction of sp³-hybridized carbons (Fsp3) is 0.375. The number of aliphatic hydroxyl groups excluding tert-OH is 1. The minimum absolute atomic E-state index is 0.0210. The van der Waals surface area contributed by atoms with Crippen LogP contribution in [0.5, 0.6) is 5.75 Å². The van der Waals surface area contributed by atoms with Crippen molar-refractivity contribution in [2.45, 2.75) is 23.8 Å². The molecular formula is C16H17ClN2O6. The Labute approximate surface area is 147 Å². The van der Waals surface area contributed by atoms with Crippen molar-refractivity contribution in [1.29, 1.82) is 0 Å². The third-order valence-corrected chi connectivity index (χ3v) is 4.23. The Hall–Kier alpha value is -2.13. The summed E-state index contributed by atoms with van der Waals surface area (Å²) in [5, 5.41) is 9.32. The van der Waals surface area contributed by atoms with Crippen LogP contribution in [0, 0.1) is 0 Å². The standard InChI is InChI=1S/C16H17ClN2O6/c17-13-14(21)11(8-23-9-24-10-4-2-1-3-5-10)25-15(13)19-7-6-12(20)18-16(19)22/h1-7,11,13-15,21H,8-9H2,(H,18,20,22)/t11-,13+,14-,15-/m1/s1. The normalized spacial score (nSPS) is 25.8. The first kappa shape index (κ1) is 17.7. The monoisotopic (exact) mass is 368 g/mol. The number of hydrogen-bond acceptors (Lipinski definition) is 6. The summed E-state index contributed by atoms with van der Waals surface area (Å²) < 4.78 is 17.5. The van der Waals surface area contributed by atoms with E-state index in [1.54, 1.807) is 12.1 Å². The van der Waals surface area contributed by atoms with Crippen molar-refractivity contribution in [3.05, 3.63) is 63.4 Å². The van der Waals surface area contributed by atoms with Crippen LogP contribution in [0.15, 0.2) is 52.2 Å². The van der Waals surface area contributed by atoms with Crippen molar-refractivity contribution in [3.63, 3.8) is 0 Å². The van der Waals surface area contributed by atoms with Crippen LogP contribution in [-0.4, -0.2) is 45.6 Å². The van der Waals surface area contributed by atoms with Gasteiger partial charge in [0.05, 0.1) is 6.61 Å². The Morgan fingerprint density at radius 1 is 1.24 bits per heavy atom. The number of ether oxygens (including phenoxy) is 3. The molecule has 25 heavy (non-hydrogen) atoms. The van der Waals surface area contributed by atoms with Crippen LogP contribution in [0.3, 0.4) is 0 Å². The molecule has 1 saturated heterocycles. The van der Waals surface area contributed by atoms with Gasteiger partial charge in [0, 0.05) is 12.3 Å². The predicted molar refractivity (Wildman–Crippen MR) is 88.8 cm³/mol. The molecule has 1 aromatic carbocycles. The number of para-hydroxylation sites is 1. The molecule has 2 heterocycles. The summed E-state index contributed by atoms with van der Waals surface area (Å²) in [6, 6.07) is 10.3. The Balaban J connectivity index is 1.56. The summed E-state index contributed by atoms with van der Waals surface area (Å²) in [5.74, 6) is 0.656. The zero-order valence-corrected chi connectivity index (χ0v) is 13.8. The van der Waals surface area contributed by atoms with E-state index >= 15 is 0 Å². The van der Waals surface area contributed by atoms with Gasteiger partial charge in [-0.1, -0.05) is 18.2 Å². The molecule has 8 nitrogen and oxygen atoms in total. The second kappa shape index (κ2) is 7.83. The van der Waals surface area contributed by atoms with Gasteiger partial charge in [0.25, 0.3) is 5.56 Å². The number of benzene rings is 1. The fourth-order valence-electron chi connectivity index (χ4n) is 2.48. The van der Waals surface area contributed by atoms with Crippen molar-refractivity contribution in [2.75, 3.05) is 13.4 Å². The Morgan fingerprint density at radius 3 is 2.72 bits per heavy atom. The zero-order valence-electron chi connectivity index (χ0n) is 13.1. The number of halogens is 1. The van der Waals surface area contributed by atoms with E-state index in [-0.39, 0.29) is 13.4 Å². The van der Waals surface area contributed by atoms with Gasteiger partial charge in [-0.2, -0.15) is 0 Å².